The van der Waals surface area contributed by atoms with Crippen LogP contribution < -0.4 is 10.1 Å². The Kier molecular flexibility index (Phi) is 5.55. The van der Waals surface area contributed by atoms with E-state index in [1.54, 1.807) is 24.3 Å². The van der Waals surface area contributed by atoms with E-state index in [1.165, 1.54) is 11.7 Å². The topological polar surface area (TPSA) is 97.0 Å². The second-order valence-electron chi connectivity index (χ2n) is 6.07. The molecule has 1 amide bonds. The number of benzene rings is 2. The van der Waals surface area contributed by atoms with Gasteiger partial charge < -0.3 is 10.1 Å². The number of rotatable bonds is 5. The van der Waals surface area contributed by atoms with Crippen LogP contribution in [-0.4, -0.2) is 28.3 Å². The molecule has 0 aliphatic heterocycles. The number of amides is 1. The fourth-order valence-electron chi connectivity index (χ4n) is 2.68. The van der Waals surface area contributed by atoms with Crippen LogP contribution in [0.4, 0.5) is 19.0 Å². The molecule has 2 aromatic carbocycles. The first-order valence-corrected chi connectivity index (χ1v) is 8.41. The fraction of sp³-hybridized carbons (Fsp3) is 0.100. The number of nitrogens with one attached hydrogen (secondary N) is 1. The second-order valence-corrected chi connectivity index (χ2v) is 6.07. The number of hydrogen-bond donors (Lipinski definition) is 1. The Balaban J connectivity index is 1.86. The van der Waals surface area contributed by atoms with Crippen molar-refractivity contribution in [2.75, 3.05) is 5.32 Å². The lowest BCUT2D eigenvalue weighted by Crippen LogP contribution is -2.18. The summed E-state index contributed by atoms with van der Waals surface area (Å²) < 4.78 is 41.8. The minimum Gasteiger partial charge on any atom is -0.406 e. The molecule has 0 fully saturated rings. The van der Waals surface area contributed by atoms with E-state index in [9.17, 15) is 28.0 Å². The summed E-state index contributed by atoms with van der Waals surface area (Å²) in [5, 5.41) is 16.4. The van der Waals surface area contributed by atoms with Gasteiger partial charge in [-0.3, -0.25) is 14.3 Å². The third-order valence-electron chi connectivity index (χ3n) is 4.06. The lowest BCUT2D eigenvalue weighted by atomic mass is 10.1. The van der Waals surface area contributed by atoms with Gasteiger partial charge in [-0.25, -0.2) is 0 Å². The van der Waals surface area contributed by atoms with Crippen molar-refractivity contribution in [1.29, 1.82) is 5.26 Å². The molecule has 7 nitrogen and oxygen atoms in total. The van der Waals surface area contributed by atoms with Crippen molar-refractivity contribution in [2.24, 2.45) is 7.05 Å². The van der Waals surface area contributed by atoms with Gasteiger partial charge in [-0.2, -0.15) is 10.4 Å². The van der Waals surface area contributed by atoms with E-state index < -0.39 is 18.0 Å². The first-order chi connectivity index (χ1) is 14.2. The van der Waals surface area contributed by atoms with E-state index in [0.717, 1.165) is 24.3 Å². The van der Waals surface area contributed by atoms with E-state index in [-0.39, 0.29) is 16.9 Å². The van der Waals surface area contributed by atoms with Gasteiger partial charge in [0.1, 0.15) is 35.2 Å². The third kappa shape index (κ3) is 4.47. The molecule has 0 atom stereocenters. The summed E-state index contributed by atoms with van der Waals surface area (Å²) >= 11 is 0. The zero-order valence-corrected chi connectivity index (χ0v) is 15.4. The molecule has 0 saturated carbocycles. The Hall–Kier alpha value is -4.13. The van der Waals surface area contributed by atoms with Crippen molar-refractivity contribution in [3.05, 3.63) is 65.2 Å². The van der Waals surface area contributed by atoms with Gasteiger partial charge in [0.25, 0.3) is 5.91 Å². The molecule has 152 valence electrons. The summed E-state index contributed by atoms with van der Waals surface area (Å²) in [5.41, 5.74) is 1.50. The van der Waals surface area contributed by atoms with Crippen LogP contribution in [0.5, 0.6) is 5.75 Å². The summed E-state index contributed by atoms with van der Waals surface area (Å²) in [5.74, 6) is -0.984. The highest BCUT2D eigenvalue weighted by molar-refractivity contribution is 6.05. The Bertz CT molecular complexity index is 1130. The molecule has 0 aliphatic rings. The van der Waals surface area contributed by atoms with Crippen LogP contribution in [0, 0.1) is 11.3 Å². The molecule has 0 bridgehead atoms. The summed E-state index contributed by atoms with van der Waals surface area (Å²) in [4.78, 5) is 23.3. The van der Waals surface area contributed by atoms with Gasteiger partial charge in [-0.15, -0.1) is 13.2 Å². The smallest absolute Gasteiger partial charge is 0.406 e. The van der Waals surface area contributed by atoms with Crippen LogP contribution in [0.25, 0.3) is 11.3 Å². The number of halogens is 3. The maximum absolute atomic E-state index is 12.5. The number of carbonyl (C=O) groups excluding carboxylic acids is 2. The maximum Gasteiger partial charge on any atom is 0.573 e. The van der Waals surface area contributed by atoms with Crippen LogP contribution in [0.15, 0.2) is 48.5 Å². The maximum atomic E-state index is 12.5. The zero-order chi connectivity index (χ0) is 21.9. The molecule has 0 spiro atoms. The van der Waals surface area contributed by atoms with Crippen molar-refractivity contribution in [3.63, 3.8) is 0 Å². The second kappa shape index (κ2) is 8.08. The van der Waals surface area contributed by atoms with Crippen molar-refractivity contribution >= 4 is 18.0 Å². The lowest BCUT2D eigenvalue weighted by molar-refractivity contribution is -0.274. The summed E-state index contributed by atoms with van der Waals surface area (Å²) in [6.45, 7) is 0. The highest BCUT2D eigenvalue weighted by Crippen LogP contribution is 2.29. The van der Waals surface area contributed by atoms with Crippen LogP contribution in [-0.2, 0) is 7.05 Å². The third-order valence-corrected chi connectivity index (χ3v) is 4.06. The molecular formula is C20H13F3N4O3. The molecular weight excluding hydrogens is 401 g/mol. The average Bonchev–Trinajstić information content (AvgIpc) is 3.02. The molecule has 0 saturated heterocycles. The van der Waals surface area contributed by atoms with Gasteiger partial charge in [0.2, 0.25) is 0 Å². The monoisotopic (exact) mass is 414 g/mol. The SMILES string of the molecule is Cn1nc(-c2ccc(C=O)cc2)c(C#N)c1NC(=O)c1ccc(OC(F)(F)F)cc1. The quantitative estimate of drug-likeness (QED) is 0.639. The minimum atomic E-state index is -4.83. The zero-order valence-electron chi connectivity index (χ0n) is 15.4. The van der Waals surface area contributed by atoms with E-state index in [4.69, 9.17) is 0 Å². The number of anilines is 1. The normalized spacial score (nSPS) is 10.9. The standard InChI is InChI=1S/C20H13F3N4O3/c1-27-18(16(10-24)17(26-27)13-4-2-12(11-28)3-5-13)25-19(29)14-6-8-15(9-7-14)30-20(21,22)23/h2-9,11H,1H3,(H,25,29). The van der Waals surface area contributed by atoms with Crippen LogP contribution in [0.3, 0.4) is 0 Å². The molecule has 10 heteroatoms. The highest BCUT2D eigenvalue weighted by Gasteiger charge is 2.31. The molecule has 1 N–H and O–H groups in total. The molecule has 0 radical (unpaired) electrons. The van der Waals surface area contributed by atoms with Crippen molar-refractivity contribution in [1.82, 2.24) is 9.78 Å². The van der Waals surface area contributed by atoms with Gasteiger partial charge in [-0.1, -0.05) is 24.3 Å². The number of aryl methyl sites for hydroxylation is 1. The largest absolute Gasteiger partial charge is 0.573 e. The van der Waals surface area contributed by atoms with Gasteiger partial charge in [0.15, 0.2) is 0 Å². The van der Waals surface area contributed by atoms with Gasteiger partial charge in [-0.05, 0) is 24.3 Å². The van der Waals surface area contributed by atoms with E-state index in [1.807, 2.05) is 6.07 Å². The summed E-state index contributed by atoms with van der Waals surface area (Å²) in [7, 11) is 1.53. The Morgan fingerprint density at radius 1 is 1.17 bits per heavy atom. The predicted molar refractivity (Wildman–Crippen MR) is 99.8 cm³/mol. The fourth-order valence-corrected chi connectivity index (χ4v) is 2.68. The van der Waals surface area contributed by atoms with Crippen LogP contribution in [0.2, 0.25) is 0 Å². The van der Waals surface area contributed by atoms with E-state index >= 15 is 0 Å². The number of alkyl halides is 3. The van der Waals surface area contributed by atoms with E-state index in [2.05, 4.69) is 15.2 Å². The minimum absolute atomic E-state index is 0.0616. The predicted octanol–water partition coefficient (Wildman–Crippen LogP) is 3.92. The number of aldehydes is 1. The average molecular weight is 414 g/mol. The first-order valence-electron chi connectivity index (χ1n) is 8.41. The van der Waals surface area contributed by atoms with Crippen molar-refractivity contribution < 1.29 is 27.5 Å². The lowest BCUT2D eigenvalue weighted by Gasteiger charge is -2.09. The Labute approximate surface area is 168 Å². The summed E-state index contributed by atoms with van der Waals surface area (Å²) in [6, 6.07) is 12.7. The number of nitrogens with zero attached hydrogens (tertiary/aromatic N) is 3. The summed E-state index contributed by atoms with van der Waals surface area (Å²) in [6.07, 6.45) is -4.15. The van der Waals surface area contributed by atoms with Crippen molar-refractivity contribution in [3.8, 4) is 23.1 Å². The number of aromatic nitrogens is 2. The number of ether oxygens (including phenoxy) is 1. The van der Waals surface area contributed by atoms with Gasteiger partial charge in [0, 0.05) is 23.7 Å². The van der Waals surface area contributed by atoms with Crippen LogP contribution in [0.1, 0.15) is 26.3 Å². The molecule has 1 aromatic heterocycles. The van der Waals surface area contributed by atoms with E-state index in [0.29, 0.717) is 23.1 Å². The number of hydrogen-bond acceptors (Lipinski definition) is 5. The molecule has 0 unspecified atom stereocenters. The molecule has 3 aromatic rings. The Morgan fingerprint density at radius 2 is 1.80 bits per heavy atom. The first kappa shape index (κ1) is 20.6. The highest BCUT2D eigenvalue weighted by atomic mass is 19.4. The van der Waals surface area contributed by atoms with Gasteiger partial charge >= 0.3 is 6.36 Å². The molecule has 1 heterocycles. The molecule has 3 rings (SSSR count). The Morgan fingerprint density at radius 3 is 2.33 bits per heavy atom. The molecule has 30 heavy (non-hydrogen) atoms. The van der Waals surface area contributed by atoms with Crippen LogP contribution >= 0.6 is 0 Å². The van der Waals surface area contributed by atoms with Crippen molar-refractivity contribution in [2.45, 2.75) is 6.36 Å². The molecule has 0 aliphatic carbocycles. The van der Waals surface area contributed by atoms with Gasteiger partial charge in [0.05, 0.1) is 0 Å². The number of nitriles is 1. The number of carbonyl (C=O) groups is 2.